The third kappa shape index (κ3) is 9.03. The Morgan fingerprint density at radius 1 is 1.54 bits per heavy atom. The molecule has 0 aliphatic rings. The molecule has 0 radical (unpaired) electrons. The van der Waals surface area contributed by atoms with E-state index >= 15 is 0 Å². The van der Waals surface area contributed by atoms with Gasteiger partial charge in [-0.25, -0.2) is 0 Å². The lowest BCUT2D eigenvalue weighted by molar-refractivity contribution is -0.109. The zero-order chi connectivity index (χ0) is 10.1. The standard InChI is InChI=1S/C9H18OS3/c1-3-7-12-9(5-4-6-11)13-8(2)10/h9,11H,3-7H2,1-2H3. The van der Waals surface area contributed by atoms with Gasteiger partial charge in [-0.2, -0.15) is 12.6 Å². The molecule has 0 saturated heterocycles. The second-order valence-electron chi connectivity index (χ2n) is 2.78. The average Bonchev–Trinajstić information content (AvgIpc) is 2.09. The van der Waals surface area contributed by atoms with Crippen LogP contribution in [0.4, 0.5) is 0 Å². The highest BCUT2D eigenvalue weighted by Gasteiger charge is 2.11. The van der Waals surface area contributed by atoms with E-state index in [1.54, 1.807) is 6.92 Å². The molecule has 0 aromatic rings. The third-order valence-electron chi connectivity index (χ3n) is 1.40. The fraction of sp³-hybridized carbons (Fsp3) is 0.889. The van der Waals surface area contributed by atoms with E-state index in [1.165, 1.54) is 18.2 Å². The highest BCUT2D eigenvalue weighted by molar-refractivity contribution is 8.24. The van der Waals surface area contributed by atoms with Gasteiger partial charge in [0.2, 0.25) is 0 Å². The number of hydrogen-bond acceptors (Lipinski definition) is 4. The first kappa shape index (κ1) is 13.7. The summed E-state index contributed by atoms with van der Waals surface area (Å²) >= 11 is 7.54. The predicted molar refractivity (Wildman–Crippen MR) is 67.9 cm³/mol. The summed E-state index contributed by atoms with van der Waals surface area (Å²) in [6, 6.07) is 0. The molecule has 1 unspecified atom stereocenters. The van der Waals surface area contributed by atoms with Crippen LogP contribution in [-0.4, -0.2) is 21.2 Å². The number of rotatable bonds is 7. The maximum atomic E-state index is 10.9. The van der Waals surface area contributed by atoms with Crippen LogP contribution in [0.1, 0.15) is 33.1 Å². The van der Waals surface area contributed by atoms with E-state index in [9.17, 15) is 4.79 Å². The molecule has 0 rings (SSSR count). The molecular formula is C9H18OS3. The molecule has 0 aliphatic carbocycles. The molecule has 0 amide bonds. The van der Waals surface area contributed by atoms with Gasteiger partial charge in [-0.15, -0.1) is 11.8 Å². The lowest BCUT2D eigenvalue weighted by Crippen LogP contribution is -2.02. The Morgan fingerprint density at radius 3 is 2.69 bits per heavy atom. The normalized spacial score (nSPS) is 12.8. The van der Waals surface area contributed by atoms with Crippen LogP contribution in [0.3, 0.4) is 0 Å². The van der Waals surface area contributed by atoms with Gasteiger partial charge in [-0.1, -0.05) is 18.7 Å². The van der Waals surface area contributed by atoms with Gasteiger partial charge in [-0.3, -0.25) is 4.79 Å². The average molecular weight is 238 g/mol. The van der Waals surface area contributed by atoms with Crippen molar-refractivity contribution in [3.05, 3.63) is 0 Å². The van der Waals surface area contributed by atoms with Crippen LogP contribution in [-0.2, 0) is 4.79 Å². The lowest BCUT2D eigenvalue weighted by Gasteiger charge is -2.12. The van der Waals surface area contributed by atoms with Crippen LogP contribution in [0.2, 0.25) is 0 Å². The molecule has 1 atom stereocenters. The minimum Gasteiger partial charge on any atom is -0.288 e. The van der Waals surface area contributed by atoms with E-state index in [2.05, 4.69) is 19.6 Å². The van der Waals surface area contributed by atoms with Crippen molar-refractivity contribution in [2.45, 2.75) is 37.7 Å². The van der Waals surface area contributed by atoms with Gasteiger partial charge in [0, 0.05) is 6.92 Å². The smallest absolute Gasteiger partial charge is 0.186 e. The van der Waals surface area contributed by atoms with Crippen molar-refractivity contribution in [2.75, 3.05) is 11.5 Å². The summed E-state index contributed by atoms with van der Waals surface area (Å²) in [4.78, 5) is 10.9. The van der Waals surface area contributed by atoms with Crippen LogP contribution >= 0.6 is 36.2 Å². The Morgan fingerprint density at radius 2 is 2.23 bits per heavy atom. The molecule has 0 saturated carbocycles. The molecule has 4 heteroatoms. The molecular weight excluding hydrogens is 220 g/mol. The molecule has 0 spiro atoms. The molecule has 0 aromatic heterocycles. The number of thioether (sulfide) groups is 2. The third-order valence-corrected chi connectivity index (χ3v) is 4.50. The summed E-state index contributed by atoms with van der Waals surface area (Å²) in [7, 11) is 0. The van der Waals surface area contributed by atoms with E-state index in [-0.39, 0.29) is 5.12 Å². The molecule has 13 heavy (non-hydrogen) atoms. The van der Waals surface area contributed by atoms with Gasteiger partial charge in [0.15, 0.2) is 5.12 Å². The number of thiol groups is 1. The molecule has 0 heterocycles. The first-order chi connectivity index (χ1) is 6.20. The van der Waals surface area contributed by atoms with E-state index in [1.807, 2.05) is 11.8 Å². The first-order valence-corrected chi connectivity index (χ1v) is 7.16. The maximum Gasteiger partial charge on any atom is 0.186 e. The van der Waals surface area contributed by atoms with Crippen LogP contribution < -0.4 is 0 Å². The van der Waals surface area contributed by atoms with Crippen molar-refractivity contribution < 1.29 is 4.79 Å². The number of hydrogen-bond donors (Lipinski definition) is 1. The molecule has 0 N–H and O–H groups in total. The fourth-order valence-corrected chi connectivity index (χ4v) is 3.51. The molecule has 0 aliphatic heterocycles. The van der Waals surface area contributed by atoms with Crippen LogP contribution in [0, 0.1) is 0 Å². The molecule has 0 fully saturated rings. The van der Waals surface area contributed by atoms with Gasteiger partial charge in [0.25, 0.3) is 0 Å². The summed E-state index contributed by atoms with van der Waals surface area (Å²) in [5.41, 5.74) is 0. The van der Waals surface area contributed by atoms with Crippen molar-refractivity contribution in [1.29, 1.82) is 0 Å². The summed E-state index contributed by atoms with van der Waals surface area (Å²) in [5.74, 6) is 2.07. The van der Waals surface area contributed by atoms with Crippen molar-refractivity contribution in [3.63, 3.8) is 0 Å². The summed E-state index contributed by atoms with van der Waals surface area (Å²) in [5, 5.41) is 0.229. The zero-order valence-corrected chi connectivity index (χ0v) is 10.8. The highest BCUT2D eigenvalue weighted by Crippen LogP contribution is 2.28. The molecule has 1 nitrogen and oxygen atoms in total. The minimum absolute atomic E-state index is 0.229. The topological polar surface area (TPSA) is 17.1 Å². The monoisotopic (exact) mass is 238 g/mol. The van der Waals surface area contributed by atoms with Gasteiger partial charge >= 0.3 is 0 Å². The maximum absolute atomic E-state index is 10.9. The van der Waals surface area contributed by atoms with E-state index in [0.29, 0.717) is 4.58 Å². The highest BCUT2D eigenvalue weighted by atomic mass is 32.2. The summed E-state index contributed by atoms with van der Waals surface area (Å²) < 4.78 is 0.449. The quantitative estimate of drug-likeness (QED) is 0.541. The minimum atomic E-state index is 0.229. The SMILES string of the molecule is CCCSC(CCCS)SC(C)=O. The van der Waals surface area contributed by atoms with Crippen LogP contribution in [0.5, 0.6) is 0 Å². The fourth-order valence-electron chi connectivity index (χ4n) is 0.869. The second-order valence-corrected chi connectivity index (χ2v) is 6.21. The Hall–Kier alpha value is 0.720. The van der Waals surface area contributed by atoms with Crippen LogP contribution in [0.15, 0.2) is 0 Å². The Labute approximate surface area is 95.2 Å². The molecule has 78 valence electrons. The summed E-state index contributed by atoms with van der Waals surface area (Å²) in [6.45, 7) is 3.81. The van der Waals surface area contributed by atoms with Gasteiger partial charge in [0.1, 0.15) is 0 Å². The second kappa shape index (κ2) is 9.28. The largest absolute Gasteiger partial charge is 0.288 e. The number of carbonyl (C=O) groups is 1. The lowest BCUT2D eigenvalue weighted by atomic mass is 10.4. The predicted octanol–water partition coefficient (Wildman–Crippen LogP) is 3.45. The Balaban J connectivity index is 3.66. The van der Waals surface area contributed by atoms with Crippen molar-refractivity contribution in [3.8, 4) is 0 Å². The van der Waals surface area contributed by atoms with Crippen molar-refractivity contribution >= 4 is 41.3 Å². The van der Waals surface area contributed by atoms with E-state index in [0.717, 1.165) is 24.3 Å². The van der Waals surface area contributed by atoms with Gasteiger partial charge < -0.3 is 0 Å². The number of carbonyl (C=O) groups excluding carboxylic acids is 1. The molecule has 0 bridgehead atoms. The van der Waals surface area contributed by atoms with Crippen molar-refractivity contribution in [1.82, 2.24) is 0 Å². The van der Waals surface area contributed by atoms with Gasteiger partial charge in [0.05, 0.1) is 4.58 Å². The van der Waals surface area contributed by atoms with E-state index in [4.69, 9.17) is 0 Å². The summed E-state index contributed by atoms with van der Waals surface area (Å²) in [6.07, 6.45) is 3.38. The van der Waals surface area contributed by atoms with Crippen molar-refractivity contribution in [2.24, 2.45) is 0 Å². The molecule has 0 aromatic carbocycles. The Bertz CT molecular complexity index is 131. The van der Waals surface area contributed by atoms with Crippen LogP contribution in [0.25, 0.3) is 0 Å². The first-order valence-electron chi connectivity index (χ1n) is 4.60. The zero-order valence-electron chi connectivity index (χ0n) is 8.28. The van der Waals surface area contributed by atoms with E-state index < -0.39 is 0 Å². The van der Waals surface area contributed by atoms with Gasteiger partial charge in [-0.05, 0) is 30.8 Å². The Kier molecular flexibility index (Phi) is 9.80.